The zero-order valence-corrected chi connectivity index (χ0v) is 11.4. The van der Waals surface area contributed by atoms with Gasteiger partial charge in [0.15, 0.2) is 6.61 Å². The first-order chi connectivity index (χ1) is 9.54. The van der Waals surface area contributed by atoms with E-state index in [-0.39, 0.29) is 18.3 Å². The summed E-state index contributed by atoms with van der Waals surface area (Å²) in [6.07, 6.45) is 1.14. The van der Waals surface area contributed by atoms with Gasteiger partial charge in [-0.2, -0.15) is 0 Å². The van der Waals surface area contributed by atoms with Crippen LogP contribution >= 0.6 is 0 Å². The van der Waals surface area contributed by atoms with Crippen molar-refractivity contribution in [2.75, 3.05) is 26.4 Å². The molecule has 0 spiro atoms. The van der Waals surface area contributed by atoms with Crippen LogP contribution in [0, 0.1) is 0 Å². The molecule has 8 nitrogen and oxygen atoms in total. The average molecular weight is 286 g/mol. The standard InChI is InChI=1S/C12H18N2O6/c1-3-13-11(16)8(2)14-10(15)7-20-12(17)9-6-18-4-5-19-9/h6,8H,3-5,7H2,1-2H3,(H,13,16)(H,14,15)/t8-/m0/s1. The first-order valence-electron chi connectivity index (χ1n) is 6.23. The Balaban J connectivity index is 2.30. The fourth-order valence-electron chi connectivity index (χ4n) is 1.35. The van der Waals surface area contributed by atoms with Crippen molar-refractivity contribution in [1.82, 2.24) is 10.6 Å². The Morgan fingerprint density at radius 1 is 1.40 bits per heavy atom. The van der Waals surface area contributed by atoms with E-state index in [9.17, 15) is 14.4 Å². The molecule has 8 heteroatoms. The molecule has 2 N–H and O–H groups in total. The fourth-order valence-corrected chi connectivity index (χ4v) is 1.35. The minimum atomic E-state index is -0.787. The topological polar surface area (TPSA) is 103 Å². The van der Waals surface area contributed by atoms with Gasteiger partial charge < -0.3 is 24.8 Å². The van der Waals surface area contributed by atoms with E-state index in [0.717, 1.165) is 6.26 Å². The molecular formula is C12H18N2O6. The highest BCUT2D eigenvalue weighted by molar-refractivity contribution is 5.90. The van der Waals surface area contributed by atoms with Gasteiger partial charge >= 0.3 is 5.97 Å². The molecule has 1 atom stereocenters. The molecule has 1 aliphatic rings. The molecule has 0 fully saturated rings. The summed E-state index contributed by atoms with van der Waals surface area (Å²) in [4.78, 5) is 34.3. The van der Waals surface area contributed by atoms with Crippen molar-refractivity contribution in [2.45, 2.75) is 19.9 Å². The number of hydrogen-bond donors (Lipinski definition) is 2. The second kappa shape index (κ2) is 8.03. The van der Waals surface area contributed by atoms with Crippen LogP contribution in [-0.2, 0) is 28.6 Å². The van der Waals surface area contributed by atoms with Gasteiger partial charge in [0.05, 0.1) is 0 Å². The number of ether oxygens (including phenoxy) is 3. The highest BCUT2D eigenvalue weighted by Crippen LogP contribution is 2.05. The molecule has 0 aromatic carbocycles. The van der Waals surface area contributed by atoms with Crippen molar-refractivity contribution < 1.29 is 28.6 Å². The molecule has 1 rings (SSSR count). The lowest BCUT2D eigenvalue weighted by Gasteiger charge is -2.15. The largest absolute Gasteiger partial charge is 0.493 e. The lowest BCUT2D eigenvalue weighted by molar-refractivity contribution is -0.149. The minimum absolute atomic E-state index is 0.0826. The second-order valence-corrected chi connectivity index (χ2v) is 3.96. The molecule has 0 saturated carbocycles. The van der Waals surface area contributed by atoms with Crippen LogP contribution in [0.2, 0.25) is 0 Å². The van der Waals surface area contributed by atoms with Crippen LogP contribution in [0.15, 0.2) is 12.0 Å². The third kappa shape index (κ3) is 5.17. The fraction of sp³-hybridized carbons (Fsp3) is 0.583. The number of nitrogens with one attached hydrogen (secondary N) is 2. The minimum Gasteiger partial charge on any atom is -0.493 e. The summed E-state index contributed by atoms with van der Waals surface area (Å²) in [7, 11) is 0. The van der Waals surface area contributed by atoms with Crippen molar-refractivity contribution in [2.24, 2.45) is 0 Å². The van der Waals surface area contributed by atoms with Gasteiger partial charge in [0, 0.05) is 6.54 Å². The van der Waals surface area contributed by atoms with E-state index in [1.165, 1.54) is 6.92 Å². The Kier molecular flexibility index (Phi) is 6.34. The molecular weight excluding hydrogens is 268 g/mol. The molecule has 0 unspecified atom stereocenters. The van der Waals surface area contributed by atoms with Crippen LogP contribution in [0.1, 0.15) is 13.8 Å². The molecule has 0 aromatic heterocycles. The maximum atomic E-state index is 11.5. The molecule has 0 aliphatic carbocycles. The number of likely N-dealkylation sites (N-methyl/N-ethyl adjacent to an activating group) is 1. The van der Waals surface area contributed by atoms with E-state index >= 15 is 0 Å². The number of rotatable bonds is 6. The molecule has 0 saturated heterocycles. The first-order valence-corrected chi connectivity index (χ1v) is 6.23. The Labute approximate surface area is 116 Å². The van der Waals surface area contributed by atoms with Crippen LogP contribution < -0.4 is 10.6 Å². The SMILES string of the molecule is CCNC(=O)[C@H](C)NC(=O)COC(=O)C1=COCCO1. The maximum absolute atomic E-state index is 11.5. The molecule has 0 aromatic rings. The Bertz CT molecular complexity index is 407. The van der Waals surface area contributed by atoms with Crippen molar-refractivity contribution in [3.8, 4) is 0 Å². The van der Waals surface area contributed by atoms with E-state index in [0.29, 0.717) is 13.2 Å². The summed E-state index contributed by atoms with van der Waals surface area (Å²) in [5.41, 5.74) is 0. The number of amides is 2. The van der Waals surface area contributed by atoms with Gasteiger partial charge in [0.1, 0.15) is 25.5 Å². The van der Waals surface area contributed by atoms with Crippen LogP contribution in [0.25, 0.3) is 0 Å². The third-order valence-electron chi connectivity index (χ3n) is 2.31. The second-order valence-electron chi connectivity index (χ2n) is 3.96. The van der Waals surface area contributed by atoms with Crippen LogP contribution in [0.3, 0.4) is 0 Å². The van der Waals surface area contributed by atoms with Crippen molar-refractivity contribution in [1.29, 1.82) is 0 Å². The molecule has 2 amide bonds. The molecule has 0 bridgehead atoms. The Morgan fingerprint density at radius 2 is 2.15 bits per heavy atom. The van der Waals surface area contributed by atoms with Gasteiger partial charge in [-0.1, -0.05) is 0 Å². The number of hydrogen-bond acceptors (Lipinski definition) is 6. The Morgan fingerprint density at radius 3 is 2.75 bits per heavy atom. The van der Waals surface area contributed by atoms with Gasteiger partial charge in [-0.3, -0.25) is 9.59 Å². The zero-order chi connectivity index (χ0) is 15.0. The summed E-state index contributed by atoms with van der Waals surface area (Å²) in [6, 6.07) is -0.699. The molecule has 0 radical (unpaired) electrons. The van der Waals surface area contributed by atoms with Gasteiger partial charge in [0.2, 0.25) is 11.7 Å². The predicted octanol–water partition coefficient (Wildman–Crippen LogP) is -0.941. The summed E-state index contributed by atoms with van der Waals surface area (Å²) in [6.45, 7) is 3.89. The molecule has 1 heterocycles. The van der Waals surface area contributed by atoms with Crippen LogP contribution in [0.4, 0.5) is 0 Å². The van der Waals surface area contributed by atoms with E-state index in [2.05, 4.69) is 10.6 Å². The van der Waals surface area contributed by atoms with Crippen molar-refractivity contribution in [3.63, 3.8) is 0 Å². The third-order valence-corrected chi connectivity index (χ3v) is 2.31. The van der Waals surface area contributed by atoms with Crippen LogP contribution in [0.5, 0.6) is 0 Å². The highest BCUT2D eigenvalue weighted by atomic mass is 16.6. The average Bonchev–Trinajstić information content (AvgIpc) is 2.45. The summed E-state index contributed by atoms with van der Waals surface area (Å²) < 4.78 is 14.6. The van der Waals surface area contributed by atoms with Gasteiger partial charge in [-0.05, 0) is 13.8 Å². The predicted molar refractivity (Wildman–Crippen MR) is 67.2 cm³/mol. The maximum Gasteiger partial charge on any atom is 0.377 e. The highest BCUT2D eigenvalue weighted by Gasteiger charge is 2.19. The molecule has 112 valence electrons. The van der Waals surface area contributed by atoms with Crippen LogP contribution in [-0.4, -0.2) is 50.2 Å². The smallest absolute Gasteiger partial charge is 0.377 e. The van der Waals surface area contributed by atoms with E-state index in [4.69, 9.17) is 14.2 Å². The van der Waals surface area contributed by atoms with Gasteiger partial charge in [0.25, 0.3) is 5.91 Å². The molecule has 20 heavy (non-hydrogen) atoms. The Hall–Kier alpha value is -2.25. The number of carbonyl (C=O) groups excluding carboxylic acids is 3. The van der Waals surface area contributed by atoms with Gasteiger partial charge in [-0.15, -0.1) is 0 Å². The van der Waals surface area contributed by atoms with Crippen molar-refractivity contribution >= 4 is 17.8 Å². The normalized spacial score (nSPS) is 15.0. The summed E-state index contributed by atoms with van der Waals surface area (Å²) in [5.74, 6) is -1.75. The summed E-state index contributed by atoms with van der Waals surface area (Å²) in [5, 5.41) is 4.96. The molecule has 1 aliphatic heterocycles. The van der Waals surface area contributed by atoms with E-state index in [1.807, 2.05) is 0 Å². The zero-order valence-electron chi connectivity index (χ0n) is 11.4. The van der Waals surface area contributed by atoms with Gasteiger partial charge in [-0.25, -0.2) is 4.79 Å². The number of carbonyl (C=O) groups is 3. The monoisotopic (exact) mass is 286 g/mol. The lowest BCUT2D eigenvalue weighted by Crippen LogP contribution is -2.46. The van der Waals surface area contributed by atoms with E-state index < -0.39 is 24.5 Å². The summed E-state index contributed by atoms with van der Waals surface area (Å²) >= 11 is 0. The van der Waals surface area contributed by atoms with Crippen molar-refractivity contribution in [3.05, 3.63) is 12.0 Å². The quantitative estimate of drug-likeness (QED) is 0.611. The lowest BCUT2D eigenvalue weighted by atomic mass is 10.3. The van der Waals surface area contributed by atoms with E-state index in [1.54, 1.807) is 6.92 Å². The number of esters is 1. The first kappa shape index (κ1) is 15.8.